The lowest BCUT2D eigenvalue weighted by molar-refractivity contribution is -0.0379. The standard InChI is InChI=1S/C10H22O4S/c1-7(11)9(3,13)5-15-6-10(4,14)8(2)12/h7-8,11-14H,5-6H2,1-4H3. The SMILES string of the molecule is CC(O)C(C)(O)CSCC(C)(O)C(C)O. The van der Waals surface area contributed by atoms with E-state index in [0.717, 1.165) is 0 Å². The van der Waals surface area contributed by atoms with Gasteiger partial charge in [0.1, 0.15) is 0 Å². The number of rotatable bonds is 6. The number of aliphatic hydroxyl groups is 4. The Hall–Kier alpha value is 0.190. The lowest BCUT2D eigenvalue weighted by Gasteiger charge is -2.30. The van der Waals surface area contributed by atoms with Crippen LogP contribution in [-0.2, 0) is 0 Å². The minimum absolute atomic E-state index is 0.313. The third-order valence-electron chi connectivity index (χ3n) is 2.59. The fourth-order valence-corrected chi connectivity index (χ4v) is 2.12. The Morgan fingerprint density at radius 2 is 1.20 bits per heavy atom. The molecule has 4 N–H and O–H groups in total. The van der Waals surface area contributed by atoms with Crippen molar-refractivity contribution >= 4 is 11.8 Å². The van der Waals surface area contributed by atoms with Crippen molar-refractivity contribution in [1.82, 2.24) is 0 Å². The van der Waals surface area contributed by atoms with Crippen LogP contribution in [0.3, 0.4) is 0 Å². The van der Waals surface area contributed by atoms with Gasteiger partial charge in [0.25, 0.3) is 0 Å². The maximum Gasteiger partial charge on any atom is 0.0964 e. The normalized spacial score (nSPS) is 24.0. The quantitative estimate of drug-likeness (QED) is 0.523. The largest absolute Gasteiger partial charge is 0.390 e. The predicted molar refractivity (Wildman–Crippen MR) is 61.9 cm³/mol. The molecular formula is C10H22O4S. The molecule has 0 aliphatic rings. The molecule has 0 amide bonds. The molecule has 0 aromatic heterocycles. The zero-order valence-electron chi connectivity index (χ0n) is 9.77. The molecule has 92 valence electrons. The van der Waals surface area contributed by atoms with E-state index >= 15 is 0 Å². The molecular weight excluding hydrogens is 216 g/mol. The second kappa shape index (κ2) is 5.50. The van der Waals surface area contributed by atoms with Crippen LogP contribution in [0.15, 0.2) is 0 Å². The van der Waals surface area contributed by atoms with Gasteiger partial charge in [0, 0.05) is 11.5 Å². The molecule has 4 unspecified atom stereocenters. The lowest BCUT2D eigenvalue weighted by Crippen LogP contribution is -2.43. The monoisotopic (exact) mass is 238 g/mol. The summed E-state index contributed by atoms with van der Waals surface area (Å²) in [5.41, 5.74) is -2.33. The van der Waals surface area contributed by atoms with Crippen LogP contribution in [0.25, 0.3) is 0 Å². The fraction of sp³-hybridized carbons (Fsp3) is 1.00. The van der Waals surface area contributed by atoms with Gasteiger partial charge in [-0.2, -0.15) is 11.8 Å². The molecule has 0 saturated carbocycles. The van der Waals surface area contributed by atoms with Gasteiger partial charge in [0.05, 0.1) is 23.4 Å². The van der Waals surface area contributed by atoms with Gasteiger partial charge >= 0.3 is 0 Å². The molecule has 4 nitrogen and oxygen atoms in total. The predicted octanol–water partition coefficient (Wildman–Crippen LogP) is -0.0168. The van der Waals surface area contributed by atoms with Gasteiger partial charge in [-0.25, -0.2) is 0 Å². The van der Waals surface area contributed by atoms with Crippen LogP contribution in [0.5, 0.6) is 0 Å². The Labute approximate surface area is 95.3 Å². The molecule has 0 spiro atoms. The van der Waals surface area contributed by atoms with E-state index in [1.165, 1.54) is 25.6 Å². The number of hydrogen-bond donors (Lipinski definition) is 4. The Morgan fingerprint density at radius 1 is 0.933 bits per heavy atom. The van der Waals surface area contributed by atoms with Gasteiger partial charge in [-0.3, -0.25) is 0 Å². The zero-order valence-corrected chi connectivity index (χ0v) is 10.6. The summed E-state index contributed by atoms with van der Waals surface area (Å²) in [5.74, 6) is 0.626. The van der Waals surface area contributed by atoms with Gasteiger partial charge in [-0.1, -0.05) is 0 Å². The third kappa shape index (κ3) is 5.17. The van der Waals surface area contributed by atoms with Crippen molar-refractivity contribution in [3.05, 3.63) is 0 Å². The van der Waals surface area contributed by atoms with E-state index in [2.05, 4.69) is 0 Å². The molecule has 0 aromatic rings. The molecule has 0 rings (SSSR count). The van der Waals surface area contributed by atoms with Crippen molar-refractivity contribution in [2.45, 2.75) is 51.1 Å². The highest BCUT2D eigenvalue weighted by atomic mass is 32.2. The fourth-order valence-electron chi connectivity index (χ4n) is 0.705. The Kier molecular flexibility index (Phi) is 5.57. The molecule has 0 fully saturated rings. The van der Waals surface area contributed by atoms with E-state index in [4.69, 9.17) is 0 Å². The van der Waals surface area contributed by atoms with E-state index in [1.54, 1.807) is 13.8 Å². The molecule has 0 bridgehead atoms. The highest BCUT2D eigenvalue weighted by Crippen LogP contribution is 2.22. The Balaban J connectivity index is 4.00. The maximum absolute atomic E-state index is 9.71. The van der Waals surface area contributed by atoms with E-state index in [9.17, 15) is 20.4 Å². The minimum atomic E-state index is -1.17. The summed E-state index contributed by atoms with van der Waals surface area (Å²) < 4.78 is 0. The van der Waals surface area contributed by atoms with Gasteiger partial charge < -0.3 is 20.4 Å². The van der Waals surface area contributed by atoms with Crippen molar-refractivity contribution in [3.8, 4) is 0 Å². The summed E-state index contributed by atoms with van der Waals surface area (Å²) in [4.78, 5) is 0. The van der Waals surface area contributed by atoms with Gasteiger partial charge in [0.15, 0.2) is 0 Å². The van der Waals surface area contributed by atoms with Gasteiger partial charge in [-0.05, 0) is 27.7 Å². The molecule has 0 aliphatic heterocycles. The van der Waals surface area contributed by atoms with Crippen molar-refractivity contribution in [1.29, 1.82) is 0 Å². The molecule has 4 atom stereocenters. The van der Waals surface area contributed by atoms with Crippen molar-refractivity contribution in [3.63, 3.8) is 0 Å². The summed E-state index contributed by atoms with van der Waals surface area (Å²) in [5, 5.41) is 37.9. The van der Waals surface area contributed by atoms with Crippen LogP contribution in [0.2, 0.25) is 0 Å². The molecule has 0 aromatic carbocycles. The minimum Gasteiger partial charge on any atom is -0.390 e. The smallest absolute Gasteiger partial charge is 0.0964 e. The van der Waals surface area contributed by atoms with Crippen LogP contribution in [0.1, 0.15) is 27.7 Å². The third-order valence-corrected chi connectivity index (χ3v) is 4.17. The highest BCUT2D eigenvalue weighted by Gasteiger charge is 2.30. The summed E-state index contributed by atoms with van der Waals surface area (Å²) in [6, 6.07) is 0. The average molecular weight is 238 g/mol. The first-order valence-corrected chi connectivity index (χ1v) is 6.13. The molecule has 0 aliphatic carbocycles. The van der Waals surface area contributed by atoms with Crippen LogP contribution in [0, 0.1) is 0 Å². The van der Waals surface area contributed by atoms with Gasteiger partial charge in [-0.15, -0.1) is 0 Å². The summed E-state index contributed by atoms with van der Waals surface area (Å²) in [6.45, 7) is 6.13. The molecule has 0 saturated heterocycles. The summed E-state index contributed by atoms with van der Waals surface area (Å²) >= 11 is 1.30. The van der Waals surface area contributed by atoms with Crippen molar-refractivity contribution in [2.75, 3.05) is 11.5 Å². The second-order valence-corrected chi connectivity index (χ2v) is 5.54. The Morgan fingerprint density at radius 3 is 1.40 bits per heavy atom. The second-order valence-electron chi connectivity index (χ2n) is 4.56. The highest BCUT2D eigenvalue weighted by molar-refractivity contribution is 7.99. The Bertz CT molecular complexity index is 170. The lowest BCUT2D eigenvalue weighted by atomic mass is 10.0. The number of aliphatic hydroxyl groups excluding tert-OH is 2. The van der Waals surface area contributed by atoms with Crippen LogP contribution in [0.4, 0.5) is 0 Å². The van der Waals surface area contributed by atoms with E-state index in [1.807, 2.05) is 0 Å². The first kappa shape index (κ1) is 15.2. The van der Waals surface area contributed by atoms with Crippen LogP contribution in [-0.4, -0.2) is 55.3 Å². The van der Waals surface area contributed by atoms with E-state index < -0.39 is 23.4 Å². The van der Waals surface area contributed by atoms with Crippen molar-refractivity contribution in [2.24, 2.45) is 0 Å². The van der Waals surface area contributed by atoms with E-state index in [-0.39, 0.29) is 0 Å². The van der Waals surface area contributed by atoms with Crippen molar-refractivity contribution < 1.29 is 20.4 Å². The van der Waals surface area contributed by atoms with E-state index in [0.29, 0.717) is 11.5 Å². The maximum atomic E-state index is 9.71. The molecule has 0 heterocycles. The number of hydrogen-bond acceptors (Lipinski definition) is 5. The van der Waals surface area contributed by atoms with Gasteiger partial charge in [0.2, 0.25) is 0 Å². The first-order valence-electron chi connectivity index (χ1n) is 4.98. The molecule has 5 heteroatoms. The van der Waals surface area contributed by atoms with Crippen LogP contribution >= 0.6 is 11.8 Å². The summed E-state index contributed by atoms with van der Waals surface area (Å²) in [7, 11) is 0. The topological polar surface area (TPSA) is 80.9 Å². The van der Waals surface area contributed by atoms with Crippen LogP contribution < -0.4 is 0 Å². The average Bonchev–Trinajstić information content (AvgIpc) is 2.02. The summed E-state index contributed by atoms with van der Waals surface area (Å²) in [6.07, 6.45) is -1.64. The zero-order chi connectivity index (χ0) is 12.3. The molecule has 15 heavy (non-hydrogen) atoms. The number of thioether (sulfide) groups is 1. The molecule has 0 radical (unpaired) electrons. The first-order chi connectivity index (χ1) is 6.59.